The highest BCUT2D eigenvalue weighted by Gasteiger charge is 2.23. The van der Waals surface area contributed by atoms with Crippen LogP contribution in [-0.2, 0) is 35.1 Å². The predicted octanol–water partition coefficient (Wildman–Crippen LogP) is 1.38. The number of ketones is 2. The van der Waals surface area contributed by atoms with Crippen molar-refractivity contribution in [3.63, 3.8) is 0 Å². The number of carbonyl (C=O) groups is 6. The van der Waals surface area contributed by atoms with Gasteiger partial charge in [-0.05, 0) is 64.7 Å². The second-order valence-electron chi connectivity index (χ2n) is 9.06. The normalized spacial score (nSPS) is 11.7. The first kappa shape index (κ1) is 29.4. The zero-order valence-electron chi connectivity index (χ0n) is 20.6. The van der Waals surface area contributed by atoms with Crippen LogP contribution in [0.25, 0.3) is 0 Å². The van der Waals surface area contributed by atoms with E-state index in [0.29, 0.717) is 31.4 Å². The molecular weight excluding hydrogens is 456 g/mol. The van der Waals surface area contributed by atoms with Gasteiger partial charge in [-0.2, -0.15) is 0 Å². The molecule has 0 spiro atoms. The molecule has 4 amide bonds. The Hall–Kier alpha value is -3.60. The van der Waals surface area contributed by atoms with E-state index in [1.54, 1.807) is 50.4 Å². The van der Waals surface area contributed by atoms with E-state index in [2.05, 4.69) is 10.6 Å². The quantitative estimate of drug-likeness (QED) is 0.251. The van der Waals surface area contributed by atoms with E-state index in [0.717, 1.165) is 5.56 Å². The first-order chi connectivity index (χ1) is 16.3. The number of Topliss-reactive ketones (excluding diaryl/α,β-unsaturated/α-hetero) is 2. The molecule has 0 aliphatic heterocycles. The smallest absolute Gasteiger partial charge is 0.414 e. The van der Waals surface area contributed by atoms with Gasteiger partial charge >= 0.3 is 6.09 Å². The third-order valence-corrected chi connectivity index (χ3v) is 4.50. The molecule has 0 radical (unpaired) electrons. The molecule has 192 valence electrons. The molecular formula is C24H34N4O7. The van der Waals surface area contributed by atoms with E-state index in [4.69, 9.17) is 10.5 Å². The molecule has 0 saturated heterocycles. The van der Waals surface area contributed by atoms with Crippen molar-refractivity contribution in [1.82, 2.24) is 10.6 Å². The third kappa shape index (κ3) is 13.0. The summed E-state index contributed by atoms with van der Waals surface area (Å²) in [6.45, 7) is 5.70. The topological polar surface area (TPSA) is 174 Å². The fourth-order valence-corrected chi connectivity index (χ4v) is 2.80. The number of imide groups is 1. The number of anilines is 1. The van der Waals surface area contributed by atoms with Crippen LogP contribution >= 0.6 is 0 Å². The number of unbranched alkanes of at least 4 members (excludes halogenated alkanes) is 1. The van der Waals surface area contributed by atoms with Crippen molar-refractivity contribution in [2.75, 3.05) is 11.9 Å². The van der Waals surface area contributed by atoms with Crippen LogP contribution < -0.4 is 21.7 Å². The monoisotopic (exact) mass is 490 g/mol. The zero-order chi connectivity index (χ0) is 26.6. The van der Waals surface area contributed by atoms with E-state index in [-0.39, 0.29) is 18.1 Å². The SMILES string of the molecule is CC(=O)CCCCC(=O)Nc1ccc(C[C@H](N)C(=O)NCC(=O)C(=O)NC(=O)OC(C)(C)C)cc1. The molecule has 5 N–H and O–H groups in total. The molecule has 0 fully saturated rings. The number of alkyl carbamates (subject to hydrolysis) is 1. The molecule has 0 aliphatic carbocycles. The number of hydrogen-bond acceptors (Lipinski definition) is 8. The van der Waals surface area contributed by atoms with Gasteiger partial charge in [-0.1, -0.05) is 12.1 Å². The van der Waals surface area contributed by atoms with Gasteiger partial charge in [0.2, 0.25) is 17.6 Å². The van der Waals surface area contributed by atoms with E-state index >= 15 is 0 Å². The summed E-state index contributed by atoms with van der Waals surface area (Å²) in [4.78, 5) is 70.2. The van der Waals surface area contributed by atoms with Crippen molar-refractivity contribution in [3.8, 4) is 0 Å². The van der Waals surface area contributed by atoms with Crippen LogP contribution in [0.2, 0.25) is 0 Å². The van der Waals surface area contributed by atoms with Crippen LogP contribution in [-0.4, -0.2) is 53.6 Å². The minimum Gasteiger partial charge on any atom is -0.444 e. The van der Waals surface area contributed by atoms with Gasteiger partial charge in [-0.25, -0.2) is 4.79 Å². The number of rotatable bonds is 12. The molecule has 0 unspecified atom stereocenters. The van der Waals surface area contributed by atoms with Crippen LogP contribution in [0.5, 0.6) is 0 Å². The van der Waals surface area contributed by atoms with E-state index < -0.39 is 41.9 Å². The minimum absolute atomic E-state index is 0.100. The summed E-state index contributed by atoms with van der Waals surface area (Å²) < 4.78 is 4.88. The number of benzene rings is 1. The van der Waals surface area contributed by atoms with Crippen molar-refractivity contribution in [1.29, 1.82) is 0 Å². The van der Waals surface area contributed by atoms with Crippen LogP contribution in [0.3, 0.4) is 0 Å². The third-order valence-electron chi connectivity index (χ3n) is 4.50. The number of hydrogen-bond donors (Lipinski definition) is 4. The summed E-state index contributed by atoms with van der Waals surface area (Å²) in [6, 6.07) is 5.78. The van der Waals surface area contributed by atoms with Crippen LogP contribution in [0, 0.1) is 0 Å². The van der Waals surface area contributed by atoms with Crippen molar-refractivity contribution in [3.05, 3.63) is 29.8 Å². The maximum atomic E-state index is 12.2. The fourth-order valence-electron chi connectivity index (χ4n) is 2.80. The van der Waals surface area contributed by atoms with Gasteiger partial charge in [0.25, 0.3) is 5.91 Å². The number of ether oxygens (including phenoxy) is 1. The van der Waals surface area contributed by atoms with Gasteiger partial charge in [-0.3, -0.25) is 24.5 Å². The molecule has 0 bridgehead atoms. The summed E-state index contributed by atoms with van der Waals surface area (Å²) in [7, 11) is 0. The van der Waals surface area contributed by atoms with Gasteiger partial charge < -0.3 is 25.9 Å². The van der Waals surface area contributed by atoms with E-state index in [9.17, 15) is 28.8 Å². The Morgan fingerprint density at radius 2 is 1.57 bits per heavy atom. The highest BCUT2D eigenvalue weighted by Crippen LogP contribution is 2.12. The molecule has 11 heteroatoms. The predicted molar refractivity (Wildman–Crippen MR) is 128 cm³/mol. The van der Waals surface area contributed by atoms with Crippen LogP contribution in [0.15, 0.2) is 24.3 Å². The number of nitrogens with two attached hydrogens (primary N) is 1. The van der Waals surface area contributed by atoms with Gasteiger partial charge in [0.05, 0.1) is 12.6 Å². The fraction of sp³-hybridized carbons (Fsp3) is 0.500. The zero-order valence-corrected chi connectivity index (χ0v) is 20.6. The number of amides is 4. The van der Waals surface area contributed by atoms with Crippen molar-refractivity contribution >= 4 is 41.1 Å². The maximum Gasteiger partial charge on any atom is 0.414 e. The lowest BCUT2D eigenvalue weighted by atomic mass is 10.1. The number of carbonyl (C=O) groups excluding carboxylic acids is 6. The standard InChI is InChI=1S/C24H34N4O7/c1-15(29)7-5-6-8-20(31)27-17-11-9-16(10-12-17)13-18(25)21(32)26-14-19(30)22(33)28-23(34)35-24(2,3)4/h9-12,18H,5-8,13-14,25H2,1-4H3,(H,26,32)(H,27,31)(H,28,33,34)/t18-/m0/s1. The van der Waals surface area contributed by atoms with Crippen LogP contribution in [0.1, 0.15) is 58.9 Å². The molecule has 1 aromatic carbocycles. The van der Waals surface area contributed by atoms with Gasteiger partial charge in [0.1, 0.15) is 11.4 Å². The molecule has 11 nitrogen and oxygen atoms in total. The molecule has 1 rings (SSSR count). The van der Waals surface area contributed by atoms with Crippen molar-refractivity contribution < 1.29 is 33.5 Å². The summed E-state index contributed by atoms with van der Waals surface area (Å²) >= 11 is 0. The largest absolute Gasteiger partial charge is 0.444 e. The highest BCUT2D eigenvalue weighted by atomic mass is 16.6. The minimum atomic E-state index is -1.20. The second-order valence-corrected chi connectivity index (χ2v) is 9.06. The summed E-state index contributed by atoms with van der Waals surface area (Å²) in [5, 5.41) is 6.82. The first-order valence-corrected chi connectivity index (χ1v) is 11.3. The summed E-state index contributed by atoms with van der Waals surface area (Å²) in [5.41, 5.74) is 6.35. The summed E-state index contributed by atoms with van der Waals surface area (Å²) in [5.74, 6) is -2.94. The Morgan fingerprint density at radius 3 is 2.14 bits per heavy atom. The number of nitrogens with one attached hydrogen (secondary N) is 3. The first-order valence-electron chi connectivity index (χ1n) is 11.3. The van der Waals surface area contributed by atoms with Crippen molar-refractivity contribution in [2.45, 2.75) is 71.4 Å². The van der Waals surface area contributed by atoms with Gasteiger partial charge in [-0.15, -0.1) is 0 Å². The molecule has 0 aliphatic rings. The van der Waals surface area contributed by atoms with Crippen molar-refractivity contribution in [2.24, 2.45) is 5.73 Å². The molecule has 0 aromatic heterocycles. The molecule has 35 heavy (non-hydrogen) atoms. The lowest BCUT2D eigenvalue weighted by Crippen LogP contribution is -2.47. The molecule has 0 heterocycles. The van der Waals surface area contributed by atoms with E-state index in [1.165, 1.54) is 6.92 Å². The van der Waals surface area contributed by atoms with E-state index in [1.807, 2.05) is 0 Å². The Balaban J connectivity index is 2.42. The lowest BCUT2D eigenvalue weighted by molar-refractivity contribution is -0.137. The lowest BCUT2D eigenvalue weighted by Gasteiger charge is -2.19. The highest BCUT2D eigenvalue weighted by molar-refractivity contribution is 6.39. The molecule has 0 saturated carbocycles. The Morgan fingerprint density at radius 1 is 0.971 bits per heavy atom. The average molecular weight is 491 g/mol. The Labute approximate surface area is 204 Å². The molecule has 1 atom stereocenters. The molecule has 1 aromatic rings. The van der Waals surface area contributed by atoms with Gasteiger partial charge in [0.15, 0.2) is 0 Å². The van der Waals surface area contributed by atoms with Crippen LogP contribution in [0.4, 0.5) is 10.5 Å². The second kappa shape index (κ2) is 14.0. The Bertz CT molecular complexity index is 936. The Kier molecular flexibility index (Phi) is 11.7. The van der Waals surface area contributed by atoms with Gasteiger partial charge in [0, 0.05) is 18.5 Å². The summed E-state index contributed by atoms with van der Waals surface area (Å²) in [6.07, 6.45) is 1.16. The maximum absolute atomic E-state index is 12.2. The average Bonchev–Trinajstić information content (AvgIpc) is 2.74.